The molecule has 8 heteroatoms. The van der Waals surface area contributed by atoms with E-state index in [2.05, 4.69) is 21.9 Å². The van der Waals surface area contributed by atoms with Gasteiger partial charge in [0.05, 0.1) is 0 Å². The van der Waals surface area contributed by atoms with Crippen molar-refractivity contribution in [2.45, 2.75) is 45.2 Å². The van der Waals surface area contributed by atoms with E-state index in [4.69, 9.17) is 0 Å². The van der Waals surface area contributed by atoms with Gasteiger partial charge >= 0.3 is 5.69 Å². The SMILES string of the molecule is CCC1CCCCN1c1ccn2c(=O)n(CC(=O)c3ccc(F)cc3)nc2n1. The summed E-state index contributed by atoms with van der Waals surface area (Å²) in [6.07, 6.45) is 6.18. The molecule has 3 heterocycles. The van der Waals surface area contributed by atoms with Crippen molar-refractivity contribution in [2.75, 3.05) is 11.4 Å². The maximum absolute atomic E-state index is 13.0. The molecule has 1 unspecified atom stereocenters. The molecule has 1 atom stereocenters. The maximum atomic E-state index is 13.0. The summed E-state index contributed by atoms with van der Waals surface area (Å²) in [7, 11) is 0. The van der Waals surface area contributed by atoms with Crippen LogP contribution in [-0.2, 0) is 6.54 Å². The molecule has 4 rings (SSSR count). The van der Waals surface area contributed by atoms with E-state index in [1.54, 1.807) is 6.20 Å². The molecule has 1 fully saturated rings. The summed E-state index contributed by atoms with van der Waals surface area (Å²) in [6.45, 7) is 2.89. The molecular formula is C20H22FN5O2. The Hall–Kier alpha value is -3.03. The van der Waals surface area contributed by atoms with Gasteiger partial charge in [-0.25, -0.2) is 18.3 Å². The van der Waals surface area contributed by atoms with Gasteiger partial charge in [0.15, 0.2) is 5.78 Å². The molecule has 0 N–H and O–H groups in total. The summed E-state index contributed by atoms with van der Waals surface area (Å²) >= 11 is 0. The summed E-state index contributed by atoms with van der Waals surface area (Å²) < 4.78 is 15.5. The number of rotatable bonds is 5. The number of hydrogen-bond acceptors (Lipinski definition) is 5. The number of ketones is 1. The van der Waals surface area contributed by atoms with E-state index >= 15 is 0 Å². The molecule has 146 valence electrons. The summed E-state index contributed by atoms with van der Waals surface area (Å²) in [5.41, 5.74) is -0.0895. The molecule has 1 saturated heterocycles. The highest BCUT2D eigenvalue weighted by Crippen LogP contribution is 2.24. The van der Waals surface area contributed by atoms with Gasteiger partial charge in [-0.2, -0.15) is 4.98 Å². The summed E-state index contributed by atoms with van der Waals surface area (Å²) in [5, 5.41) is 4.24. The minimum atomic E-state index is -0.421. The Morgan fingerprint density at radius 2 is 2.00 bits per heavy atom. The van der Waals surface area contributed by atoms with Crippen LogP contribution in [0, 0.1) is 5.82 Å². The van der Waals surface area contributed by atoms with Gasteiger partial charge in [-0.3, -0.25) is 4.79 Å². The molecular weight excluding hydrogens is 361 g/mol. The van der Waals surface area contributed by atoms with E-state index in [9.17, 15) is 14.0 Å². The standard InChI is InChI=1S/C20H22FN5O2/c1-2-16-5-3-4-11-24(16)18-10-12-25-19(22-18)23-26(20(25)28)13-17(27)14-6-8-15(21)9-7-14/h6-10,12,16H,2-5,11,13H2,1H3. The first-order valence-corrected chi connectivity index (χ1v) is 9.58. The first kappa shape index (κ1) is 18.3. The number of anilines is 1. The number of Topliss-reactive ketones (excluding diaryl/α,β-unsaturated/α-hetero) is 1. The van der Waals surface area contributed by atoms with Crippen molar-refractivity contribution in [1.82, 2.24) is 19.2 Å². The minimum absolute atomic E-state index is 0.218. The zero-order chi connectivity index (χ0) is 19.7. The highest BCUT2D eigenvalue weighted by molar-refractivity contribution is 5.95. The van der Waals surface area contributed by atoms with Gasteiger partial charge < -0.3 is 4.90 Å². The van der Waals surface area contributed by atoms with Crippen molar-refractivity contribution in [3.05, 3.63) is 58.4 Å². The number of carbonyl (C=O) groups excluding carboxylic acids is 1. The summed E-state index contributed by atoms with van der Waals surface area (Å²) in [6, 6.07) is 7.51. The van der Waals surface area contributed by atoms with Gasteiger partial charge in [0.25, 0.3) is 5.78 Å². The largest absolute Gasteiger partial charge is 0.353 e. The van der Waals surface area contributed by atoms with Crippen LogP contribution in [-0.4, -0.2) is 37.5 Å². The predicted molar refractivity (Wildman–Crippen MR) is 103 cm³/mol. The lowest BCUT2D eigenvalue weighted by Crippen LogP contribution is -2.39. The number of hydrogen-bond donors (Lipinski definition) is 0. The Morgan fingerprint density at radius 1 is 1.21 bits per heavy atom. The van der Waals surface area contributed by atoms with E-state index in [-0.39, 0.29) is 18.1 Å². The van der Waals surface area contributed by atoms with Crippen LogP contribution < -0.4 is 10.6 Å². The third-order valence-electron chi connectivity index (χ3n) is 5.29. The summed E-state index contributed by atoms with van der Waals surface area (Å²) in [5.74, 6) is 0.352. The van der Waals surface area contributed by atoms with Crippen molar-refractivity contribution >= 4 is 17.4 Å². The molecule has 3 aromatic rings. The van der Waals surface area contributed by atoms with Gasteiger partial charge in [-0.15, -0.1) is 5.10 Å². The lowest BCUT2D eigenvalue weighted by molar-refractivity contribution is 0.0966. The van der Waals surface area contributed by atoms with Crippen LogP contribution in [0.15, 0.2) is 41.3 Å². The van der Waals surface area contributed by atoms with Crippen LogP contribution in [0.3, 0.4) is 0 Å². The number of benzene rings is 1. The average molecular weight is 383 g/mol. The van der Waals surface area contributed by atoms with Crippen molar-refractivity contribution in [1.29, 1.82) is 0 Å². The smallest absolute Gasteiger partial charge is 0.352 e. The first-order chi connectivity index (χ1) is 13.6. The Kier molecular flexibility index (Phi) is 4.93. The minimum Gasteiger partial charge on any atom is -0.353 e. The highest BCUT2D eigenvalue weighted by Gasteiger charge is 2.23. The van der Waals surface area contributed by atoms with Gasteiger partial charge in [-0.1, -0.05) is 6.92 Å². The van der Waals surface area contributed by atoms with Crippen LogP contribution in [0.25, 0.3) is 5.78 Å². The second kappa shape index (κ2) is 7.53. The van der Waals surface area contributed by atoms with Crippen LogP contribution >= 0.6 is 0 Å². The molecule has 0 radical (unpaired) electrons. The number of halogens is 1. The molecule has 2 aromatic heterocycles. The molecule has 0 spiro atoms. The number of piperidine rings is 1. The number of nitrogens with zero attached hydrogens (tertiary/aromatic N) is 5. The number of carbonyl (C=O) groups is 1. The van der Waals surface area contributed by atoms with Crippen molar-refractivity contribution in [3.63, 3.8) is 0 Å². The topological polar surface area (TPSA) is 72.5 Å². The normalized spacial score (nSPS) is 17.2. The van der Waals surface area contributed by atoms with Gasteiger partial charge in [-0.05, 0) is 56.0 Å². The Morgan fingerprint density at radius 3 is 2.75 bits per heavy atom. The van der Waals surface area contributed by atoms with Crippen molar-refractivity contribution < 1.29 is 9.18 Å². The van der Waals surface area contributed by atoms with Crippen molar-refractivity contribution in [2.24, 2.45) is 0 Å². The van der Waals surface area contributed by atoms with Crippen molar-refractivity contribution in [3.8, 4) is 0 Å². The zero-order valence-corrected chi connectivity index (χ0v) is 15.7. The molecule has 0 saturated carbocycles. The Bertz CT molecular complexity index is 1060. The fraction of sp³-hybridized carbons (Fsp3) is 0.400. The third-order valence-corrected chi connectivity index (χ3v) is 5.29. The fourth-order valence-electron chi connectivity index (χ4n) is 3.75. The molecule has 0 aliphatic carbocycles. The average Bonchev–Trinajstić information content (AvgIpc) is 3.03. The van der Waals surface area contributed by atoms with Crippen LogP contribution in [0.5, 0.6) is 0 Å². The van der Waals surface area contributed by atoms with Gasteiger partial charge in [0.1, 0.15) is 18.2 Å². The maximum Gasteiger partial charge on any atom is 0.352 e. The molecule has 0 bridgehead atoms. The quantitative estimate of drug-likeness (QED) is 0.634. The fourth-order valence-corrected chi connectivity index (χ4v) is 3.75. The molecule has 0 amide bonds. The first-order valence-electron chi connectivity index (χ1n) is 9.58. The molecule has 1 aromatic carbocycles. The number of fused-ring (bicyclic) bond motifs is 1. The van der Waals surface area contributed by atoms with E-state index in [1.165, 1.54) is 35.1 Å². The lowest BCUT2D eigenvalue weighted by atomic mass is 10.0. The number of aromatic nitrogens is 4. The Balaban J connectivity index is 1.62. The second-order valence-corrected chi connectivity index (χ2v) is 7.08. The second-order valence-electron chi connectivity index (χ2n) is 7.08. The van der Waals surface area contributed by atoms with Gasteiger partial charge in [0.2, 0.25) is 0 Å². The third kappa shape index (κ3) is 3.42. The zero-order valence-electron chi connectivity index (χ0n) is 15.7. The van der Waals surface area contributed by atoms with Crippen LogP contribution in [0.1, 0.15) is 43.0 Å². The molecule has 1 aliphatic heterocycles. The predicted octanol–water partition coefficient (Wildman–Crippen LogP) is 2.68. The molecule has 7 nitrogen and oxygen atoms in total. The van der Waals surface area contributed by atoms with Crippen LogP contribution in [0.4, 0.5) is 10.2 Å². The van der Waals surface area contributed by atoms with E-state index in [1.807, 2.05) is 6.07 Å². The summed E-state index contributed by atoms with van der Waals surface area (Å²) in [4.78, 5) is 31.8. The molecule has 28 heavy (non-hydrogen) atoms. The van der Waals surface area contributed by atoms with Gasteiger partial charge in [0, 0.05) is 24.3 Å². The lowest BCUT2D eigenvalue weighted by Gasteiger charge is -2.36. The van der Waals surface area contributed by atoms with Crippen LogP contribution in [0.2, 0.25) is 0 Å². The van der Waals surface area contributed by atoms with E-state index < -0.39 is 11.5 Å². The van der Waals surface area contributed by atoms with E-state index in [0.717, 1.165) is 36.3 Å². The monoisotopic (exact) mass is 383 g/mol. The molecule has 1 aliphatic rings. The Labute approximate surface area is 161 Å². The van der Waals surface area contributed by atoms with E-state index in [0.29, 0.717) is 11.6 Å². The highest BCUT2D eigenvalue weighted by atomic mass is 19.1.